The molecule has 98 valence electrons. The Hall–Kier alpha value is -1.03. The minimum Gasteiger partial charge on any atom is -0.507 e. The van der Waals surface area contributed by atoms with Crippen LogP contribution in [0, 0.1) is 5.92 Å². The lowest BCUT2D eigenvalue weighted by molar-refractivity contribution is 0.0719. The number of carbonyl (C=O) groups excluding carboxylic acids is 1. The monoisotopic (exact) mass is 311 g/mol. The smallest absolute Gasteiger partial charge is 0.257 e. The summed E-state index contributed by atoms with van der Waals surface area (Å²) in [6, 6.07) is 5.39. The fourth-order valence-corrected chi connectivity index (χ4v) is 2.37. The molecule has 0 atom stereocenters. The molecule has 1 aromatic rings. The van der Waals surface area contributed by atoms with Crippen LogP contribution in [-0.2, 0) is 0 Å². The molecule has 0 bridgehead atoms. The predicted molar refractivity (Wildman–Crippen MR) is 74.7 cm³/mol. The van der Waals surface area contributed by atoms with Crippen molar-refractivity contribution in [2.75, 3.05) is 6.54 Å². The van der Waals surface area contributed by atoms with Crippen molar-refractivity contribution in [3.63, 3.8) is 0 Å². The molecule has 4 heteroatoms. The van der Waals surface area contributed by atoms with Crippen molar-refractivity contribution in [2.24, 2.45) is 5.92 Å². The van der Waals surface area contributed by atoms with Gasteiger partial charge >= 0.3 is 0 Å². The molecule has 1 aromatic carbocycles. The maximum absolute atomic E-state index is 12.4. The van der Waals surface area contributed by atoms with Crippen molar-refractivity contribution in [1.82, 2.24) is 4.90 Å². The maximum atomic E-state index is 12.4. The summed E-state index contributed by atoms with van der Waals surface area (Å²) in [5.74, 6) is 0.423. The molecular weight excluding hydrogens is 294 g/mol. The zero-order valence-corrected chi connectivity index (χ0v) is 12.3. The van der Waals surface area contributed by atoms with Gasteiger partial charge in [0.05, 0.1) is 5.56 Å². The maximum Gasteiger partial charge on any atom is 0.257 e. The highest BCUT2D eigenvalue weighted by Gasteiger charge is 2.34. The Kier molecular flexibility index (Phi) is 3.95. The molecule has 0 aromatic heterocycles. The first-order valence-corrected chi connectivity index (χ1v) is 7.08. The third-order valence-electron chi connectivity index (χ3n) is 3.00. The summed E-state index contributed by atoms with van der Waals surface area (Å²) in [6.45, 7) is 4.95. The predicted octanol–water partition coefficient (Wildman–Crippen LogP) is 3.42. The van der Waals surface area contributed by atoms with Crippen LogP contribution in [0.3, 0.4) is 0 Å². The average Bonchev–Trinajstić information content (AvgIpc) is 3.08. The van der Waals surface area contributed by atoms with Crippen LogP contribution in [0.25, 0.3) is 0 Å². The van der Waals surface area contributed by atoms with E-state index in [0.717, 1.165) is 23.9 Å². The lowest BCUT2D eigenvalue weighted by Crippen LogP contribution is -2.36. The summed E-state index contributed by atoms with van der Waals surface area (Å²) in [5, 5.41) is 9.87. The fraction of sp³-hybridized carbons (Fsp3) is 0.500. The second-order valence-corrected chi connectivity index (χ2v) is 6.16. The van der Waals surface area contributed by atoms with Gasteiger partial charge in [-0.1, -0.05) is 29.8 Å². The minimum atomic E-state index is -0.0591. The molecule has 1 saturated carbocycles. The van der Waals surface area contributed by atoms with Crippen LogP contribution in [0.1, 0.15) is 37.0 Å². The van der Waals surface area contributed by atoms with Crippen molar-refractivity contribution in [3.05, 3.63) is 28.2 Å². The number of phenolic OH excluding ortho intramolecular Hbond substituents is 1. The van der Waals surface area contributed by atoms with Crippen LogP contribution < -0.4 is 0 Å². The highest BCUT2D eigenvalue weighted by molar-refractivity contribution is 9.10. The fourth-order valence-electron chi connectivity index (χ4n) is 2.02. The Morgan fingerprint density at radius 1 is 1.50 bits per heavy atom. The van der Waals surface area contributed by atoms with E-state index in [4.69, 9.17) is 0 Å². The van der Waals surface area contributed by atoms with Crippen LogP contribution in [0.15, 0.2) is 22.7 Å². The first kappa shape index (κ1) is 13.4. The Morgan fingerprint density at radius 3 is 2.67 bits per heavy atom. The summed E-state index contributed by atoms with van der Waals surface area (Å²) in [6.07, 6.45) is 2.16. The molecule has 0 aliphatic heterocycles. The third kappa shape index (κ3) is 3.05. The highest BCUT2D eigenvalue weighted by Crippen LogP contribution is 2.31. The molecule has 1 aliphatic rings. The number of benzene rings is 1. The van der Waals surface area contributed by atoms with E-state index in [-0.39, 0.29) is 11.7 Å². The largest absolute Gasteiger partial charge is 0.507 e. The molecule has 0 radical (unpaired) electrons. The topological polar surface area (TPSA) is 40.5 Å². The number of aromatic hydroxyl groups is 1. The quantitative estimate of drug-likeness (QED) is 0.925. The van der Waals surface area contributed by atoms with E-state index in [0.29, 0.717) is 17.5 Å². The normalized spacial score (nSPS) is 14.9. The van der Waals surface area contributed by atoms with Gasteiger partial charge in [-0.15, -0.1) is 0 Å². The molecule has 0 unspecified atom stereocenters. The number of phenols is 1. The summed E-state index contributed by atoms with van der Waals surface area (Å²) in [4.78, 5) is 14.3. The van der Waals surface area contributed by atoms with E-state index in [1.165, 1.54) is 0 Å². The van der Waals surface area contributed by atoms with Crippen molar-refractivity contribution in [1.29, 1.82) is 0 Å². The van der Waals surface area contributed by atoms with Gasteiger partial charge in [0.15, 0.2) is 0 Å². The standard InChI is InChI=1S/C14H18BrNO2/c1-9(2)8-16(11-4-5-11)14(18)12-6-3-10(15)7-13(12)17/h3,6-7,9,11,17H,4-5,8H2,1-2H3. The Balaban J connectivity index is 2.22. The molecule has 1 fully saturated rings. The molecule has 1 amide bonds. The SMILES string of the molecule is CC(C)CN(C(=O)c1ccc(Br)cc1O)C1CC1. The molecule has 2 rings (SSSR count). The van der Waals surface area contributed by atoms with E-state index in [1.807, 2.05) is 4.90 Å². The van der Waals surface area contributed by atoms with Crippen molar-refractivity contribution < 1.29 is 9.90 Å². The number of amides is 1. The number of nitrogens with zero attached hydrogens (tertiary/aromatic N) is 1. The van der Waals surface area contributed by atoms with E-state index < -0.39 is 0 Å². The van der Waals surface area contributed by atoms with Crippen LogP contribution in [0.2, 0.25) is 0 Å². The summed E-state index contributed by atoms with van der Waals surface area (Å²) >= 11 is 3.28. The van der Waals surface area contributed by atoms with E-state index in [1.54, 1.807) is 18.2 Å². The summed E-state index contributed by atoms with van der Waals surface area (Å²) in [7, 11) is 0. The zero-order valence-electron chi connectivity index (χ0n) is 10.7. The van der Waals surface area contributed by atoms with Gasteiger partial charge in [-0.2, -0.15) is 0 Å². The first-order valence-electron chi connectivity index (χ1n) is 6.28. The van der Waals surface area contributed by atoms with Gasteiger partial charge in [0, 0.05) is 17.1 Å². The number of carbonyl (C=O) groups is 1. The lowest BCUT2D eigenvalue weighted by atomic mass is 10.1. The van der Waals surface area contributed by atoms with Gasteiger partial charge in [0.2, 0.25) is 0 Å². The van der Waals surface area contributed by atoms with Crippen LogP contribution in [0.5, 0.6) is 5.75 Å². The second-order valence-electron chi connectivity index (χ2n) is 5.24. The minimum absolute atomic E-state index is 0.0452. The van der Waals surface area contributed by atoms with E-state index >= 15 is 0 Å². The highest BCUT2D eigenvalue weighted by atomic mass is 79.9. The Labute approximate surface area is 116 Å². The Bertz CT molecular complexity index is 455. The van der Waals surface area contributed by atoms with Gasteiger partial charge in [0.1, 0.15) is 5.75 Å². The molecule has 0 saturated heterocycles. The van der Waals surface area contributed by atoms with Gasteiger partial charge < -0.3 is 10.0 Å². The molecule has 18 heavy (non-hydrogen) atoms. The van der Waals surface area contributed by atoms with Crippen LogP contribution >= 0.6 is 15.9 Å². The molecule has 0 heterocycles. The first-order chi connectivity index (χ1) is 8.49. The van der Waals surface area contributed by atoms with Gasteiger partial charge in [-0.25, -0.2) is 0 Å². The summed E-state index contributed by atoms with van der Waals surface area (Å²) < 4.78 is 0.776. The third-order valence-corrected chi connectivity index (χ3v) is 3.49. The van der Waals surface area contributed by atoms with Crippen LogP contribution in [0.4, 0.5) is 0 Å². The number of hydrogen-bond donors (Lipinski definition) is 1. The number of hydrogen-bond acceptors (Lipinski definition) is 2. The Morgan fingerprint density at radius 2 is 2.17 bits per heavy atom. The molecular formula is C14H18BrNO2. The zero-order chi connectivity index (χ0) is 13.3. The number of halogens is 1. The lowest BCUT2D eigenvalue weighted by Gasteiger charge is -2.24. The van der Waals surface area contributed by atoms with E-state index in [2.05, 4.69) is 29.8 Å². The van der Waals surface area contributed by atoms with Crippen molar-refractivity contribution in [3.8, 4) is 5.75 Å². The van der Waals surface area contributed by atoms with Crippen LogP contribution in [-0.4, -0.2) is 28.5 Å². The molecule has 0 spiro atoms. The van der Waals surface area contributed by atoms with Crippen molar-refractivity contribution >= 4 is 21.8 Å². The summed E-state index contributed by atoms with van der Waals surface area (Å²) in [5.41, 5.74) is 0.394. The van der Waals surface area contributed by atoms with E-state index in [9.17, 15) is 9.90 Å². The number of rotatable bonds is 4. The van der Waals surface area contributed by atoms with Gasteiger partial charge in [-0.05, 0) is 37.0 Å². The van der Waals surface area contributed by atoms with Crippen molar-refractivity contribution in [2.45, 2.75) is 32.7 Å². The molecule has 1 N–H and O–H groups in total. The second kappa shape index (κ2) is 5.31. The average molecular weight is 312 g/mol. The van der Waals surface area contributed by atoms with Gasteiger partial charge in [-0.3, -0.25) is 4.79 Å². The van der Waals surface area contributed by atoms with Gasteiger partial charge in [0.25, 0.3) is 5.91 Å². The molecule has 1 aliphatic carbocycles. The molecule has 3 nitrogen and oxygen atoms in total.